The molecule has 0 amide bonds. The summed E-state index contributed by atoms with van der Waals surface area (Å²) in [4.78, 5) is 0. The van der Waals surface area contributed by atoms with Gasteiger partial charge >= 0.3 is 0 Å². The summed E-state index contributed by atoms with van der Waals surface area (Å²) in [7, 11) is 0. The second kappa shape index (κ2) is 6.54. The Morgan fingerprint density at radius 2 is 1.32 bits per heavy atom. The number of ether oxygens (including phenoxy) is 1. The van der Waals surface area contributed by atoms with Crippen LogP contribution in [0.1, 0.15) is 125 Å². The molecule has 1 saturated carbocycles. The van der Waals surface area contributed by atoms with Crippen molar-refractivity contribution in [1.29, 1.82) is 0 Å². The zero-order valence-electron chi connectivity index (χ0n) is 18.1. The summed E-state index contributed by atoms with van der Waals surface area (Å²) in [5, 5.41) is 0. The number of hydrogen-bond donors (Lipinski definition) is 0. The van der Waals surface area contributed by atoms with Gasteiger partial charge in [-0.25, -0.2) is 0 Å². The van der Waals surface area contributed by atoms with Gasteiger partial charge in [0.05, 0.1) is 11.2 Å². The molecule has 5 unspecified atom stereocenters. The maximum atomic E-state index is 7.26. The Bertz CT molecular complexity index is 486. The lowest BCUT2D eigenvalue weighted by molar-refractivity contribution is -0.211. The van der Waals surface area contributed by atoms with Gasteiger partial charge in [-0.2, -0.15) is 0 Å². The van der Waals surface area contributed by atoms with Crippen LogP contribution in [0.15, 0.2) is 0 Å². The monoisotopic (exact) mass is 348 g/mol. The van der Waals surface area contributed by atoms with Gasteiger partial charge in [-0.05, 0) is 50.9 Å². The zero-order chi connectivity index (χ0) is 18.4. The van der Waals surface area contributed by atoms with E-state index < -0.39 is 0 Å². The van der Waals surface area contributed by atoms with Crippen molar-refractivity contribution < 1.29 is 4.74 Å². The third kappa shape index (κ3) is 2.43. The van der Waals surface area contributed by atoms with Gasteiger partial charge in [0.25, 0.3) is 0 Å². The Kier molecular flexibility index (Phi) is 5.15. The first-order valence-corrected chi connectivity index (χ1v) is 11.4. The summed E-state index contributed by atoms with van der Waals surface area (Å²) in [6.45, 7) is 14.9. The predicted molar refractivity (Wildman–Crippen MR) is 108 cm³/mol. The molecule has 0 N–H and O–H groups in total. The van der Waals surface area contributed by atoms with Gasteiger partial charge in [0.15, 0.2) is 0 Å². The largest absolute Gasteiger partial charge is 0.367 e. The molecule has 2 heterocycles. The van der Waals surface area contributed by atoms with E-state index in [1.807, 2.05) is 0 Å². The van der Waals surface area contributed by atoms with Crippen LogP contribution < -0.4 is 0 Å². The average molecular weight is 349 g/mol. The normalized spacial score (nSPS) is 48.2. The van der Waals surface area contributed by atoms with Gasteiger partial charge in [0.1, 0.15) is 0 Å². The molecule has 0 radical (unpaired) electrons. The fourth-order valence-corrected chi connectivity index (χ4v) is 7.53. The first-order chi connectivity index (χ1) is 11.7. The van der Waals surface area contributed by atoms with E-state index in [9.17, 15) is 0 Å². The summed E-state index contributed by atoms with van der Waals surface area (Å²) >= 11 is 0. The number of unbranched alkanes of at least 4 members (excludes halogenated alkanes) is 5. The van der Waals surface area contributed by atoms with Crippen molar-refractivity contribution in [2.45, 2.75) is 136 Å². The van der Waals surface area contributed by atoms with E-state index >= 15 is 0 Å². The van der Waals surface area contributed by atoms with Crippen LogP contribution in [-0.2, 0) is 4.74 Å². The van der Waals surface area contributed by atoms with E-state index in [2.05, 4.69) is 41.5 Å². The third-order valence-electron chi connectivity index (χ3n) is 9.77. The van der Waals surface area contributed by atoms with E-state index in [4.69, 9.17) is 4.74 Å². The predicted octanol–water partition coefficient (Wildman–Crippen LogP) is 7.67. The molecular formula is C24H44O. The van der Waals surface area contributed by atoms with Gasteiger partial charge in [0.2, 0.25) is 0 Å². The molecular weight excluding hydrogens is 304 g/mol. The van der Waals surface area contributed by atoms with Gasteiger partial charge in [0, 0.05) is 10.8 Å². The third-order valence-corrected chi connectivity index (χ3v) is 9.77. The van der Waals surface area contributed by atoms with Crippen LogP contribution in [0.25, 0.3) is 0 Å². The lowest BCUT2D eigenvalue weighted by Crippen LogP contribution is -2.52. The van der Waals surface area contributed by atoms with Crippen molar-refractivity contribution in [3.63, 3.8) is 0 Å². The van der Waals surface area contributed by atoms with Crippen molar-refractivity contribution in [3.8, 4) is 0 Å². The zero-order valence-corrected chi connectivity index (χ0v) is 18.1. The SMILES string of the molecule is CCCCCCCCC12CCC3(C)CCC(C)(C1(C)CCC)C3(C)O2. The summed E-state index contributed by atoms with van der Waals surface area (Å²) in [6, 6.07) is 0. The highest BCUT2D eigenvalue weighted by atomic mass is 16.5. The molecule has 2 saturated heterocycles. The summed E-state index contributed by atoms with van der Waals surface area (Å²) in [5.41, 5.74) is 1.34. The molecule has 3 aliphatic rings. The van der Waals surface area contributed by atoms with Crippen LogP contribution in [0.2, 0.25) is 0 Å². The topological polar surface area (TPSA) is 9.23 Å². The molecule has 2 aliphatic heterocycles. The summed E-state index contributed by atoms with van der Waals surface area (Å²) in [6.07, 6.45) is 17.7. The number of hydrogen-bond acceptors (Lipinski definition) is 1. The molecule has 3 fully saturated rings. The molecule has 0 spiro atoms. The van der Waals surface area contributed by atoms with E-state index in [0.29, 0.717) is 16.2 Å². The Balaban J connectivity index is 1.81. The summed E-state index contributed by atoms with van der Waals surface area (Å²) < 4.78 is 7.26. The lowest BCUT2D eigenvalue weighted by atomic mass is 9.53. The van der Waals surface area contributed by atoms with Crippen molar-refractivity contribution >= 4 is 0 Å². The molecule has 2 bridgehead atoms. The molecule has 1 nitrogen and oxygen atoms in total. The van der Waals surface area contributed by atoms with E-state index in [0.717, 1.165) is 0 Å². The number of fused-ring (bicyclic) bond motifs is 1. The quantitative estimate of drug-likeness (QED) is 0.388. The van der Waals surface area contributed by atoms with Gasteiger partial charge < -0.3 is 4.74 Å². The molecule has 3 rings (SSSR count). The molecule has 5 atom stereocenters. The fourth-order valence-electron chi connectivity index (χ4n) is 7.53. The maximum absolute atomic E-state index is 7.26. The second-order valence-corrected chi connectivity index (χ2v) is 10.6. The lowest BCUT2D eigenvalue weighted by Gasteiger charge is -2.51. The maximum Gasteiger partial charge on any atom is 0.0775 e. The summed E-state index contributed by atoms with van der Waals surface area (Å²) in [5.74, 6) is 0. The minimum Gasteiger partial charge on any atom is -0.367 e. The smallest absolute Gasteiger partial charge is 0.0775 e. The minimum atomic E-state index is 0.0877. The van der Waals surface area contributed by atoms with E-state index in [1.165, 1.54) is 83.5 Å². The average Bonchev–Trinajstić information content (AvgIpc) is 2.86. The molecule has 25 heavy (non-hydrogen) atoms. The molecule has 0 aromatic heterocycles. The van der Waals surface area contributed by atoms with Crippen LogP contribution in [-0.4, -0.2) is 11.2 Å². The van der Waals surface area contributed by atoms with Crippen molar-refractivity contribution in [3.05, 3.63) is 0 Å². The van der Waals surface area contributed by atoms with Gasteiger partial charge in [-0.15, -0.1) is 0 Å². The number of rotatable bonds is 9. The van der Waals surface area contributed by atoms with Gasteiger partial charge in [-0.3, -0.25) is 0 Å². The highest BCUT2D eigenvalue weighted by Gasteiger charge is 2.80. The Labute approximate surface area is 157 Å². The fraction of sp³-hybridized carbons (Fsp3) is 1.00. The van der Waals surface area contributed by atoms with Crippen LogP contribution in [0.4, 0.5) is 0 Å². The van der Waals surface area contributed by atoms with Crippen molar-refractivity contribution in [2.75, 3.05) is 0 Å². The standard InChI is InChI=1S/C24H44O/c1-7-9-10-11-12-13-15-24-19-17-20(3)16-18-21(4,23(20,6)25-24)22(24,5)14-8-2/h7-19H2,1-6H3. The molecule has 0 aromatic carbocycles. The first kappa shape index (κ1) is 19.7. The molecule has 146 valence electrons. The molecule has 1 aliphatic carbocycles. The van der Waals surface area contributed by atoms with Crippen LogP contribution in [0, 0.1) is 16.2 Å². The van der Waals surface area contributed by atoms with Gasteiger partial charge in [-0.1, -0.05) is 79.6 Å². The highest BCUT2D eigenvalue weighted by Crippen LogP contribution is 2.80. The van der Waals surface area contributed by atoms with Crippen molar-refractivity contribution in [1.82, 2.24) is 0 Å². The second-order valence-electron chi connectivity index (χ2n) is 10.6. The Morgan fingerprint density at radius 3 is 2.00 bits per heavy atom. The van der Waals surface area contributed by atoms with Crippen molar-refractivity contribution in [2.24, 2.45) is 16.2 Å². The van der Waals surface area contributed by atoms with Crippen LogP contribution >= 0.6 is 0 Å². The first-order valence-electron chi connectivity index (χ1n) is 11.4. The Hall–Kier alpha value is -0.0400. The van der Waals surface area contributed by atoms with Crippen LogP contribution in [0.3, 0.4) is 0 Å². The van der Waals surface area contributed by atoms with E-state index in [1.54, 1.807) is 0 Å². The van der Waals surface area contributed by atoms with E-state index in [-0.39, 0.29) is 11.2 Å². The Morgan fingerprint density at radius 1 is 0.680 bits per heavy atom. The van der Waals surface area contributed by atoms with Crippen LogP contribution in [0.5, 0.6) is 0 Å². The highest BCUT2D eigenvalue weighted by molar-refractivity contribution is 5.28. The minimum absolute atomic E-state index is 0.0877. The molecule has 0 aromatic rings. The molecule has 1 heteroatoms.